The Balaban J connectivity index is 1.49. The molecule has 0 atom stereocenters. The van der Waals surface area contributed by atoms with Crippen LogP contribution in [-0.2, 0) is 0 Å². The van der Waals surface area contributed by atoms with Gasteiger partial charge in [-0.3, -0.25) is 10.1 Å². The molecule has 0 unspecified atom stereocenters. The largest absolute Gasteiger partial charge is 0.497 e. The molecule has 4 aromatic rings. The number of ether oxygens (including phenoxy) is 1. The van der Waals surface area contributed by atoms with E-state index in [-0.39, 0.29) is 22.5 Å². The summed E-state index contributed by atoms with van der Waals surface area (Å²) in [6, 6.07) is 18.1. The lowest BCUT2D eigenvalue weighted by Gasteiger charge is -2.10. The fourth-order valence-electron chi connectivity index (χ4n) is 2.86. The van der Waals surface area contributed by atoms with Crippen LogP contribution in [0.1, 0.15) is 10.4 Å². The lowest BCUT2D eigenvalue weighted by molar-refractivity contribution is 0.0977. The molecule has 0 spiro atoms. The van der Waals surface area contributed by atoms with E-state index < -0.39 is 5.82 Å². The van der Waals surface area contributed by atoms with Gasteiger partial charge >= 0.3 is 0 Å². The second-order valence-electron chi connectivity index (χ2n) is 6.32. The van der Waals surface area contributed by atoms with Crippen LogP contribution in [0, 0.1) is 5.82 Å². The molecule has 6 nitrogen and oxygen atoms in total. The van der Waals surface area contributed by atoms with Crippen molar-refractivity contribution in [2.75, 3.05) is 12.4 Å². The molecular formula is C22H16FN3O3S. The minimum absolute atomic E-state index is 0.125. The number of nitrogens with one attached hydrogen (secondary N) is 2. The standard InChI is InChI=1S/C22H16FN3O3S/c1-28-15-6-4-5-13(11-15)20(27)26-22(30)24-14-9-10-19-18(12-14)25-21(29-19)16-7-2-3-8-17(16)23/h2-12H,1H3,(H2,24,26,27,30). The maximum absolute atomic E-state index is 14.0. The third-order valence-electron chi connectivity index (χ3n) is 4.31. The number of oxazole rings is 1. The van der Waals surface area contributed by atoms with Gasteiger partial charge in [-0.25, -0.2) is 9.37 Å². The van der Waals surface area contributed by atoms with Gasteiger partial charge in [0.25, 0.3) is 5.91 Å². The molecule has 1 aromatic heterocycles. The number of rotatable bonds is 4. The number of nitrogens with zero attached hydrogens (tertiary/aromatic N) is 1. The van der Waals surface area contributed by atoms with Crippen LogP contribution < -0.4 is 15.4 Å². The molecule has 2 N–H and O–H groups in total. The second kappa shape index (κ2) is 8.30. The van der Waals surface area contributed by atoms with Crippen LogP contribution in [0.3, 0.4) is 0 Å². The first-order valence-electron chi connectivity index (χ1n) is 8.95. The lowest BCUT2D eigenvalue weighted by atomic mass is 10.2. The summed E-state index contributed by atoms with van der Waals surface area (Å²) < 4.78 is 24.8. The van der Waals surface area contributed by atoms with Gasteiger partial charge in [0.15, 0.2) is 10.7 Å². The third-order valence-corrected chi connectivity index (χ3v) is 4.51. The van der Waals surface area contributed by atoms with E-state index in [0.29, 0.717) is 28.1 Å². The number of fused-ring (bicyclic) bond motifs is 1. The number of carbonyl (C=O) groups is 1. The van der Waals surface area contributed by atoms with Gasteiger partial charge in [0.1, 0.15) is 17.1 Å². The molecule has 8 heteroatoms. The number of benzene rings is 3. The van der Waals surface area contributed by atoms with Crippen molar-refractivity contribution < 1.29 is 18.3 Å². The molecule has 4 rings (SSSR count). The molecule has 150 valence electrons. The fraction of sp³-hybridized carbons (Fsp3) is 0.0455. The number of methoxy groups -OCH3 is 1. The van der Waals surface area contributed by atoms with Crippen LogP contribution in [0.2, 0.25) is 0 Å². The summed E-state index contributed by atoms with van der Waals surface area (Å²) in [5.74, 6) is -0.0163. The Morgan fingerprint density at radius 1 is 1.10 bits per heavy atom. The minimum Gasteiger partial charge on any atom is -0.497 e. The number of carbonyl (C=O) groups excluding carboxylic acids is 1. The highest BCUT2D eigenvalue weighted by Gasteiger charge is 2.13. The van der Waals surface area contributed by atoms with Crippen molar-refractivity contribution in [3.8, 4) is 17.2 Å². The molecule has 0 aliphatic rings. The molecule has 3 aromatic carbocycles. The van der Waals surface area contributed by atoms with Crippen molar-refractivity contribution in [2.45, 2.75) is 0 Å². The van der Waals surface area contributed by atoms with Gasteiger partial charge in [-0.05, 0) is 60.7 Å². The van der Waals surface area contributed by atoms with E-state index in [2.05, 4.69) is 15.6 Å². The Labute approximate surface area is 176 Å². The summed E-state index contributed by atoms with van der Waals surface area (Å²) in [7, 11) is 1.53. The zero-order valence-electron chi connectivity index (χ0n) is 15.8. The predicted octanol–water partition coefficient (Wildman–Crippen LogP) is 4.77. The van der Waals surface area contributed by atoms with Crippen LogP contribution >= 0.6 is 12.2 Å². The van der Waals surface area contributed by atoms with E-state index in [4.69, 9.17) is 21.4 Å². The smallest absolute Gasteiger partial charge is 0.257 e. The van der Waals surface area contributed by atoms with Crippen molar-refractivity contribution in [2.24, 2.45) is 0 Å². The zero-order chi connectivity index (χ0) is 21.1. The zero-order valence-corrected chi connectivity index (χ0v) is 16.6. The maximum Gasteiger partial charge on any atom is 0.257 e. The summed E-state index contributed by atoms with van der Waals surface area (Å²) >= 11 is 5.23. The van der Waals surface area contributed by atoms with E-state index in [1.165, 1.54) is 13.2 Å². The summed E-state index contributed by atoms with van der Waals surface area (Å²) in [5, 5.41) is 5.68. The number of halogens is 1. The van der Waals surface area contributed by atoms with Crippen molar-refractivity contribution in [3.63, 3.8) is 0 Å². The van der Waals surface area contributed by atoms with Crippen LogP contribution in [0.5, 0.6) is 5.75 Å². The number of amides is 1. The number of hydrogen-bond donors (Lipinski definition) is 2. The first-order valence-corrected chi connectivity index (χ1v) is 9.36. The summed E-state index contributed by atoms with van der Waals surface area (Å²) in [5.41, 5.74) is 2.33. The van der Waals surface area contributed by atoms with E-state index in [1.54, 1.807) is 60.7 Å². The molecule has 30 heavy (non-hydrogen) atoms. The van der Waals surface area contributed by atoms with Crippen molar-refractivity contribution >= 4 is 40.0 Å². The van der Waals surface area contributed by atoms with Gasteiger partial charge in [0.05, 0.1) is 12.7 Å². The highest BCUT2D eigenvalue weighted by molar-refractivity contribution is 7.80. The Hall–Kier alpha value is -3.78. The molecule has 0 radical (unpaired) electrons. The molecule has 0 fully saturated rings. The van der Waals surface area contributed by atoms with Gasteiger partial charge in [0.2, 0.25) is 5.89 Å². The molecule has 0 aliphatic carbocycles. The normalized spacial score (nSPS) is 10.6. The number of aromatic nitrogens is 1. The summed E-state index contributed by atoms with van der Waals surface area (Å²) in [6.07, 6.45) is 0. The SMILES string of the molecule is COc1cccc(C(=O)NC(=S)Nc2ccc3oc(-c4ccccc4F)nc3c2)c1. The van der Waals surface area contributed by atoms with E-state index in [9.17, 15) is 9.18 Å². The Bertz CT molecular complexity index is 1260. The van der Waals surface area contributed by atoms with E-state index in [1.807, 2.05) is 0 Å². The predicted molar refractivity (Wildman–Crippen MR) is 116 cm³/mol. The number of thiocarbonyl (C=S) groups is 1. The van der Waals surface area contributed by atoms with Crippen molar-refractivity contribution in [3.05, 3.63) is 78.1 Å². The topological polar surface area (TPSA) is 76.4 Å². The molecule has 0 aliphatic heterocycles. The van der Waals surface area contributed by atoms with Crippen LogP contribution in [0.4, 0.5) is 10.1 Å². The van der Waals surface area contributed by atoms with Crippen molar-refractivity contribution in [1.29, 1.82) is 0 Å². The monoisotopic (exact) mass is 421 g/mol. The fourth-order valence-corrected chi connectivity index (χ4v) is 3.07. The molecule has 0 bridgehead atoms. The summed E-state index contributed by atoms with van der Waals surface area (Å²) in [6.45, 7) is 0. The average molecular weight is 421 g/mol. The quantitative estimate of drug-likeness (QED) is 0.463. The van der Waals surface area contributed by atoms with E-state index >= 15 is 0 Å². The average Bonchev–Trinajstić information content (AvgIpc) is 3.17. The second-order valence-corrected chi connectivity index (χ2v) is 6.73. The van der Waals surface area contributed by atoms with Crippen LogP contribution in [0.15, 0.2) is 71.1 Å². The number of hydrogen-bond acceptors (Lipinski definition) is 5. The minimum atomic E-state index is -0.413. The summed E-state index contributed by atoms with van der Waals surface area (Å²) in [4.78, 5) is 16.7. The molecule has 0 saturated carbocycles. The molecule has 1 amide bonds. The highest BCUT2D eigenvalue weighted by atomic mass is 32.1. The lowest BCUT2D eigenvalue weighted by Crippen LogP contribution is -2.34. The number of anilines is 1. The Morgan fingerprint density at radius 3 is 2.73 bits per heavy atom. The van der Waals surface area contributed by atoms with Gasteiger partial charge < -0.3 is 14.5 Å². The van der Waals surface area contributed by atoms with Crippen LogP contribution in [-0.4, -0.2) is 23.1 Å². The molecular weight excluding hydrogens is 405 g/mol. The Kier molecular flexibility index (Phi) is 5.40. The van der Waals surface area contributed by atoms with Gasteiger partial charge in [-0.1, -0.05) is 18.2 Å². The third kappa shape index (κ3) is 4.13. The highest BCUT2D eigenvalue weighted by Crippen LogP contribution is 2.27. The molecule has 1 heterocycles. The van der Waals surface area contributed by atoms with E-state index in [0.717, 1.165) is 0 Å². The van der Waals surface area contributed by atoms with Crippen molar-refractivity contribution in [1.82, 2.24) is 10.3 Å². The van der Waals surface area contributed by atoms with Gasteiger partial charge in [-0.2, -0.15) is 0 Å². The first kappa shape index (κ1) is 19.5. The van der Waals surface area contributed by atoms with Gasteiger partial charge in [-0.15, -0.1) is 0 Å². The first-order chi connectivity index (χ1) is 14.5. The maximum atomic E-state index is 14.0. The Morgan fingerprint density at radius 2 is 1.93 bits per heavy atom. The molecule has 0 saturated heterocycles. The van der Waals surface area contributed by atoms with Gasteiger partial charge in [0, 0.05) is 11.3 Å². The van der Waals surface area contributed by atoms with Crippen LogP contribution in [0.25, 0.3) is 22.6 Å².